The fraction of sp³-hybridized carbons (Fsp3) is 0.286. The van der Waals surface area contributed by atoms with Gasteiger partial charge in [0.15, 0.2) is 0 Å². The van der Waals surface area contributed by atoms with E-state index >= 15 is 0 Å². The van der Waals surface area contributed by atoms with Crippen LogP contribution in [0.4, 0.5) is 0 Å². The first-order valence-corrected chi connectivity index (χ1v) is 5.63. The summed E-state index contributed by atoms with van der Waals surface area (Å²) in [4.78, 5) is 22.3. The van der Waals surface area contributed by atoms with E-state index in [9.17, 15) is 9.59 Å². The number of hydrogen-bond donors (Lipinski definition) is 0. The molecule has 0 saturated heterocycles. The van der Waals surface area contributed by atoms with Crippen molar-refractivity contribution in [2.24, 2.45) is 0 Å². The van der Waals surface area contributed by atoms with Crippen LogP contribution in [0.2, 0.25) is 0 Å². The van der Waals surface area contributed by atoms with Gasteiger partial charge in [-0.1, -0.05) is 13.2 Å². The molecule has 1 heterocycles. The van der Waals surface area contributed by atoms with Crippen LogP contribution in [0.1, 0.15) is 25.4 Å². The molecule has 0 N–H and O–H groups in total. The van der Waals surface area contributed by atoms with Crippen LogP contribution in [-0.4, -0.2) is 11.9 Å². The van der Waals surface area contributed by atoms with E-state index in [2.05, 4.69) is 13.2 Å². The molecule has 0 bridgehead atoms. The summed E-state index contributed by atoms with van der Waals surface area (Å²) in [5.74, 6) is -0.0229. The molecule has 102 valence electrons. The standard InChI is InChI=1S/C14H16O5/c1-9(2)13(15)17-7-11-5-6-12(19-11)8-18-14(16)10(3)4/h5-6H,1,3,7-8H2,2,4H3. The Kier molecular flexibility index (Phi) is 5.11. The Morgan fingerprint density at radius 2 is 1.37 bits per heavy atom. The Balaban J connectivity index is 2.44. The smallest absolute Gasteiger partial charge is 0.333 e. The summed E-state index contributed by atoms with van der Waals surface area (Å²) in [6, 6.07) is 3.30. The van der Waals surface area contributed by atoms with Crippen LogP contribution in [0.5, 0.6) is 0 Å². The minimum atomic E-state index is -0.480. The van der Waals surface area contributed by atoms with E-state index in [4.69, 9.17) is 13.9 Å². The largest absolute Gasteiger partial charge is 0.459 e. The van der Waals surface area contributed by atoms with Gasteiger partial charge in [-0.2, -0.15) is 0 Å². The normalized spacial score (nSPS) is 9.79. The fourth-order valence-electron chi connectivity index (χ4n) is 1.10. The molecule has 0 atom stereocenters. The molecule has 0 aliphatic rings. The summed E-state index contributed by atoms with van der Waals surface area (Å²) in [5.41, 5.74) is 0.643. The van der Waals surface area contributed by atoms with Gasteiger partial charge in [-0.3, -0.25) is 0 Å². The van der Waals surface area contributed by atoms with Gasteiger partial charge in [-0.25, -0.2) is 9.59 Å². The van der Waals surface area contributed by atoms with E-state index < -0.39 is 11.9 Å². The maximum atomic E-state index is 11.2. The van der Waals surface area contributed by atoms with Gasteiger partial charge >= 0.3 is 11.9 Å². The molecule has 0 spiro atoms. The van der Waals surface area contributed by atoms with Gasteiger partial charge in [0.25, 0.3) is 0 Å². The van der Waals surface area contributed by atoms with Crippen LogP contribution in [-0.2, 0) is 32.3 Å². The number of carbonyl (C=O) groups excluding carboxylic acids is 2. The Bertz CT molecular complexity index is 465. The van der Waals surface area contributed by atoms with Crippen molar-refractivity contribution in [3.8, 4) is 0 Å². The van der Waals surface area contributed by atoms with E-state index in [-0.39, 0.29) is 13.2 Å². The zero-order valence-corrected chi connectivity index (χ0v) is 11.0. The number of esters is 2. The maximum absolute atomic E-state index is 11.2. The average molecular weight is 264 g/mol. The molecule has 0 radical (unpaired) electrons. The third kappa shape index (κ3) is 4.83. The minimum Gasteiger partial charge on any atom is -0.459 e. The van der Waals surface area contributed by atoms with Crippen molar-refractivity contribution in [3.05, 3.63) is 48.0 Å². The van der Waals surface area contributed by atoms with E-state index in [1.807, 2.05) is 0 Å². The van der Waals surface area contributed by atoms with Crippen LogP contribution in [0.15, 0.2) is 40.9 Å². The predicted octanol–water partition coefficient (Wildman–Crippen LogP) is 2.52. The summed E-state index contributed by atoms with van der Waals surface area (Å²) >= 11 is 0. The molecule has 0 fully saturated rings. The van der Waals surface area contributed by atoms with Gasteiger partial charge in [-0.05, 0) is 26.0 Å². The lowest BCUT2D eigenvalue weighted by molar-refractivity contribution is -0.140. The van der Waals surface area contributed by atoms with Crippen molar-refractivity contribution < 1.29 is 23.5 Å². The lowest BCUT2D eigenvalue weighted by atomic mass is 10.3. The van der Waals surface area contributed by atoms with Crippen molar-refractivity contribution in [1.82, 2.24) is 0 Å². The van der Waals surface area contributed by atoms with E-state index in [1.165, 1.54) is 0 Å². The Labute approximate surface area is 111 Å². The highest BCUT2D eigenvalue weighted by Crippen LogP contribution is 2.11. The first-order valence-electron chi connectivity index (χ1n) is 5.63. The Hall–Kier alpha value is -2.30. The summed E-state index contributed by atoms with van der Waals surface area (Å²) < 4.78 is 15.2. The minimum absolute atomic E-state index is 0.0140. The molecule has 19 heavy (non-hydrogen) atoms. The molecule has 1 aromatic rings. The molecule has 0 aromatic carbocycles. The predicted molar refractivity (Wildman–Crippen MR) is 67.9 cm³/mol. The SMILES string of the molecule is C=C(C)C(=O)OCc1ccc(COC(=O)C(=C)C)o1. The molecular weight excluding hydrogens is 248 g/mol. The first-order chi connectivity index (χ1) is 8.90. The van der Waals surface area contributed by atoms with Crippen molar-refractivity contribution in [2.45, 2.75) is 27.1 Å². The number of hydrogen-bond acceptors (Lipinski definition) is 5. The average Bonchev–Trinajstić information content (AvgIpc) is 2.80. The highest BCUT2D eigenvalue weighted by molar-refractivity contribution is 5.87. The van der Waals surface area contributed by atoms with Gasteiger partial charge in [-0.15, -0.1) is 0 Å². The topological polar surface area (TPSA) is 65.7 Å². The first kappa shape index (κ1) is 14.8. The van der Waals surface area contributed by atoms with Gasteiger partial charge in [0.05, 0.1) is 0 Å². The van der Waals surface area contributed by atoms with Crippen LogP contribution in [0, 0.1) is 0 Å². The van der Waals surface area contributed by atoms with Crippen molar-refractivity contribution in [2.75, 3.05) is 0 Å². The second-order valence-corrected chi connectivity index (χ2v) is 4.08. The molecule has 5 heteroatoms. The molecule has 0 aliphatic carbocycles. The highest BCUT2D eigenvalue weighted by Gasteiger charge is 2.09. The summed E-state index contributed by atoms with van der Waals surface area (Å²) in [6.07, 6.45) is 0. The number of carbonyl (C=O) groups is 2. The number of ether oxygens (including phenoxy) is 2. The summed E-state index contributed by atoms with van der Waals surface area (Å²) in [6.45, 7) is 10.1. The highest BCUT2D eigenvalue weighted by atomic mass is 16.6. The number of furan rings is 1. The zero-order chi connectivity index (χ0) is 14.4. The lowest BCUT2D eigenvalue weighted by Gasteiger charge is -2.02. The molecule has 5 nitrogen and oxygen atoms in total. The summed E-state index contributed by atoms with van der Waals surface area (Å²) in [5, 5.41) is 0. The molecule has 1 aromatic heterocycles. The summed E-state index contributed by atoms with van der Waals surface area (Å²) in [7, 11) is 0. The maximum Gasteiger partial charge on any atom is 0.333 e. The van der Waals surface area contributed by atoms with Gasteiger partial charge in [0.1, 0.15) is 24.7 Å². The van der Waals surface area contributed by atoms with E-state index in [0.29, 0.717) is 22.7 Å². The third-order valence-corrected chi connectivity index (χ3v) is 2.11. The van der Waals surface area contributed by atoms with Crippen LogP contribution >= 0.6 is 0 Å². The van der Waals surface area contributed by atoms with Gasteiger partial charge in [0, 0.05) is 11.1 Å². The van der Waals surface area contributed by atoms with Crippen LogP contribution < -0.4 is 0 Å². The van der Waals surface area contributed by atoms with Gasteiger partial charge < -0.3 is 13.9 Å². The Morgan fingerprint density at radius 1 is 1.00 bits per heavy atom. The molecule has 0 aliphatic heterocycles. The van der Waals surface area contributed by atoms with Crippen molar-refractivity contribution in [3.63, 3.8) is 0 Å². The molecule has 0 saturated carbocycles. The Morgan fingerprint density at radius 3 is 1.68 bits per heavy atom. The molecule has 1 rings (SSSR count). The van der Waals surface area contributed by atoms with E-state index in [1.54, 1.807) is 26.0 Å². The lowest BCUT2D eigenvalue weighted by Crippen LogP contribution is -2.05. The van der Waals surface area contributed by atoms with E-state index in [0.717, 1.165) is 0 Å². The quantitative estimate of drug-likeness (QED) is 0.583. The molecular formula is C14H16O5. The molecule has 0 unspecified atom stereocenters. The number of rotatable bonds is 6. The third-order valence-electron chi connectivity index (χ3n) is 2.11. The molecule has 0 amide bonds. The van der Waals surface area contributed by atoms with Crippen molar-refractivity contribution >= 4 is 11.9 Å². The monoisotopic (exact) mass is 264 g/mol. The van der Waals surface area contributed by atoms with Gasteiger partial charge in [0.2, 0.25) is 0 Å². The van der Waals surface area contributed by atoms with Crippen molar-refractivity contribution in [1.29, 1.82) is 0 Å². The van der Waals surface area contributed by atoms with Crippen LogP contribution in [0.25, 0.3) is 0 Å². The zero-order valence-electron chi connectivity index (χ0n) is 11.0. The van der Waals surface area contributed by atoms with Crippen LogP contribution in [0.3, 0.4) is 0 Å². The second-order valence-electron chi connectivity index (χ2n) is 4.08. The second kappa shape index (κ2) is 6.58. The fourth-order valence-corrected chi connectivity index (χ4v) is 1.10.